The molecule has 8 heteroatoms. The lowest BCUT2D eigenvalue weighted by Crippen LogP contribution is -3.09. The van der Waals surface area contributed by atoms with Crippen LogP contribution in [-0.2, 0) is 16.1 Å². The van der Waals surface area contributed by atoms with E-state index in [0.29, 0.717) is 38.3 Å². The Kier molecular flexibility index (Phi) is 8.25. The van der Waals surface area contributed by atoms with E-state index in [-0.39, 0.29) is 23.9 Å². The molecule has 0 aliphatic carbocycles. The summed E-state index contributed by atoms with van der Waals surface area (Å²) in [6, 6.07) is 7.50. The Morgan fingerprint density at radius 3 is 2.39 bits per heavy atom. The number of nitrogens with zero attached hydrogens (tertiary/aromatic N) is 1. The van der Waals surface area contributed by atoms with Crippen LogP contribution in [0, 0.1) is 0 Å². The van der Waals surface area contributed by atoms with E-state index in [9.17, 15) is 14.4 Å². The average molecular weight is 391 g/mol. The number of carbonyl (C=O) groups is 3. The number of nitrogens with one attached hydrogen (secondary N) is 3. The number of ether oxygens (including phenoxy) is 1. The first-order chi connectivity index (χ1) is 13.4. The highest BCUT2D eigenvalue weighted by atomic mass is 16.6. The first kappa shape index (κ1) is 21.7. The Balaban J connectivity index is 1.73. The number of hydrogen-bond acceptors (Lipinski definition) is 4. The molecular weight excluding hydrogens is 360 g/mol. The van der Waals surface area contributed by atoms with Crippen molar-refractivity contribution < 1.29 is 24.0 Å². The minimum atomic E-state index is -0.279. The summed E-state index contributed by atoms with van der Waals surface area (Å²) in [5.41, 5.74) is 1.69. The van der Waals surface area contributed by atoms with Crippen molar-refractivity contribution in [1.29, 1.82) is 0 Å². The van der Waals surface area contributed by atoms with Crippen LogP contribution in [0.1, 0.15) is 35.7 Å². The number of likely N-dealkylation sites (N-methyl/N-ethyl adjacent to an activating group) is 1. The lowest BCUT2D eigenvalue weighted by Gasteiger charge is -2.31. The third-order valence-corrected chi connectivity index (χ3v) is 4.80. The molecule has 1 saturated heterocycles. The zero-order valence-electron chi connectivity index (χ0n) is 16.9. The van der Waals surface area contributed by atoms with E-state index in [1.165, 1.54) is 0 Å². The van der Waals surface area contributed by atoms with Gasteiger partial charge < -0.3 is 25.2 Å². The molecule has 0 aromatic heterocycles. The van der Waals surface area contributed by atoms with E-state index in [2.05, 4.69) is 10.6 Å². The Hall–Kier alpha value is -2.61. The van der Waals surface area contributed by atoms with Gasteiger partial charge in [-0.05, 0) is 31.9 Å². The van der Waals surface area contributed by atoms with Gasteiger partial charge in [0.05, 0.1) is 13.7 Å². The quantitative estimate of drug-likeness (QED) is 0.600. The molecule has 0 bridgehead atoms. The van der Waals surface area contributed by atoms with Crippen LogP contribution in [-0.4, -0.2) is 69.2 Å². The van der Waals surface area contributed by atoms with Crippen LogP contribution in [0.4, 0.5) is 4.79 Å². The molecule has 1 unspecified atom stereocenters. The Labute approximate surface area is 166 Å². The number of rotatable bonds is 7. The van der Waals surface area contributed by atoms with Crippen LogP contribution in [0.25, 0.3) is 0 Å². The predicted octanol–water partition coefficient (Wildman–Crippen LogP) is -0.202. The second-order valence-corrected chi connectivity index (χ2v) is 7.11. The first-order valence-corrected chi connectivity index (χ1v) is 9.76. The van der Waals surface area contributed by atoms with Crippen molar-refractivity contribution in [3.8, 4) is 0 Å². The highest BCUT2D eigenvalue weighted by Gasteiger charge is 2.25. The van der Waals surface area contributed by atoms with Gasteiger partial charge in [-0.3, -0.25) is 9.59 Å². The van der Waals surface area contributed by atoms with Crippen molar-refractivity contribution in [1.82, 2.24) is 15.5 Å². The molecule has 1 aromatic carbocycles. The SMILES string of the molecule is CCOC(=O)N1CCC(NC(=O)C[NH+](C)Cc2ccc(C(=O)NC)cc2)CC1. The molecule has 1 fully saturated rings. The summed E-state index contributed by atoms with van der Waals surface area (Å²) in [4.78, 5) is 38.4. The summed E-state index contributed by atoms with van der Waals surface area (Å²) in [5.74, 6) is -0.102. The monoisotopic (exact) mass is 391 g/mol. The van der Waals surface area contributed by atoms with Crippen LogP contribution in [0.3, 0.4) is 0 Å². The normalized spacial score (nSPS) is 15.6. The maximum atomic E-state index is 12.3. The molecule has 8 nitrogen and oxygen atoms in total. The smallest absolute Gasteiger partial charge is 0.409 e. The second kappa shape index (κ2) is 10.7. The number of piperidine rings is 1. The van der Waals surface area contributed by atoms with Crippen molar-refractivity contribution in [2.75, 3.05) is 40.3 Å². The minimum Gasteiger partial charge on any atom is -0.450 e. The molecule has 3 N–H and O–H groups in total. The second-order valence-electron chi connectivity index (χ2n) is 7.11. The average Bonchev–Trinajstić information content (AvgIpc) is 2.68. The molecule has 1 heterocycles. The Morgan fingerprint density at radius 1 is 1.18 bits per heavy atom. The number of hydrogen-bond donors (Lipinski definition) is 3. The van der Waals surface area contributed by atoms with E-state index in [4.69, 9.17) is 4.74 Å². The fourth-order valence-corrected chi connectivity index (χ4v) is 3.30. The molecule has 1 aliphatic heterocycles. The van der Waals surface area contributed by atoms with Gasteiger partial charge >= 0.3 is 6.09 Å². The van der Waals surface area contributed by atoms with Gasteiger partial charge in [0.1, 0.15) is 6.54 Å². The lowest BCUT2D eigenvalue weighted by molar-refractivity contribution is -0.885. The van der Waals surface area contributed by atoms with E-state index in [1.807, 2.05) is 19.2 Å². The molecule has 0 spiro atoms. The van der Waals surface area contributed by atoms with Crippen molar-refractivity contribution in [2.24, 2.45) is 0 Å². The van der Waals surface area contributed by atoms with Crippen LogP contribution < -0.4 is 15.5 Å². The van der Waals surface area contributed by atoms with Gasteiger partial charge in [-0.2, -0.15) is 0 Å². The summed E-state index contributed by atoms with van der Waals surface area (Å²) in [7, 11) is 3.57. The van der Waals surface area contributed by atoms with Gasteiger partial charge in [0.2, 0.25) is 0 Å². The van der Waals surface area contributed by atoms with E-state index >= 15 is 0 Å². The van der Waals surface area contributed by atoms with Crippen LogP contribution in [0.5, 0.6) is 0 Å². The van der Waals surface area contributed by atoms with Crippen molar-refractivity contribution in [2.45, 2.75) is 32.4 Å². The van der Waals surface area contributed by atoms with Crippen LogP contribution in [0.15, 0.2) is 24.3 Å². The zero-order valence-corrected chi connectivity index (χ0v) is 16.9. The number of amides is 3. The Morgan fingerprint density at radius 2 is 1.82 bits per heavy atom. The Bertz CT molecular complexity index is 669. The largest absolute Gasteiger partial charge is 0.450 e. The molecule has 2 rings (SSSR count). The van der Waals surface area contributed by atoms with E-state index in [0.717, 1.165) is 23.3 Å². The van der Waals surface area contributed by atoms with Crippen LogP contribution in [0.2, 0.25) is 0 Å². The highest BCUT2D eigenvalue weighted by molar-refractivity contribution is 5.93. The molecule has 154 valence electrons. The molecule has 28 heavy (non-hydrogen) atoms. The maximum absolute atomic E-state index is 12.3. The summed E-state index contributed by atoms with van der Waals surface area (Å²) in [6.45, 7) is 4.44. The number of carbonyl (C=O) groups excluding carboxylic acids is 3. The fraction of sp³-hybridized carbons (Fsp3) is 0.550. The molecule has 1 aliphatic rings. The summed E-state index contributed by atoms with van der Waals surface area (Å²) in [6.07, 6.45) is 1.20. The van der Waals surface area contributed by atoms with Crippen molar-refractivity contribution >= 4 is 17.9 Å². The molecule has 0 radical (unpaired) electrons. The molecule has 3 amide bonds. The molecular formula is C20H31N4O4+. The summed E-state index contributed by atoms with van der Waals surface area (Å²) >= 11 is 0. The van der Waals surface area contributed by atoms with E-state index < -0.39 is 0 Å². The number of benzene rings is 1. The molecule has 1 atom stereocenters. The number of likely N-dealkylation sites (tertiary alicyclic amines) is 1. The van der Waals surface area contributed by atoms with Gasteiger partial charge in [0.15, 0.2) is 6.54 Å². The summed E-state index contributed by atoms with van der Waals surface area (Å²) < 4.78 is 5.01. The third-order valence-electron chi connectivity index (χ3n) is 4.80. The topological polar surface area (TPSA) is 92.2 Å². The van der Waals surface area contributed by atoms with Gasteiger partial charge in [0.25, 0.3) is 11.8 Å². The van der Waals surface area contributed by atoms with Crippen molar-refractivity contribution in [3.63, 3.8) is 0 Å². The van der Waals surface area contributed by atoms with Gasteiger partial charge in [-0.25, -0.2) is 4.79 Å². The van der Waals surface area contributed by atoms with Gasteiger partial charge in [0, 0.05) is 37.3 Å². The third kappa shape index (κ3) is 6.53. The van der Waals surface area contributed by atoms with E-state index in [1.54, 1.807) is 31.0 Å². The number of quaternary nitrogens is 1. The lowest BCUT2D eigenvalue weighted by atomic mass is 10.1. The predicted molar refractivity (Wildman–Crippen MR) is 105 cm³/mol. The molecule has 1 aromatic rings. The highest BCUT2D eigenvalue weighted by Crippen LogP contribution is 2.11. The fourth-order valence-electron chi connectivity index (χ4n) is 3.30. The van der Waals surface area contributed by atoms with Gasteiger partial charge in [-0.15, -0.1) is 0 Å². The first-order valence-electron chi connectivity index (χ1n) is 9.76. The standard InChI is InChI=1S/C20H30N4O4/c1-4-28-20(27)24-11-9-17(10-12-24)22-18(25)14-23(3)13-15-5-7-16(8-6-15)19(26)21-2/h5-8,17H,4,9-14H2,1-3H3,(H,21,26)(H,22,25)/p+1. The summed E-state index contributed by atoms with van der Waals surface area (Å²) in [5, 5.41) is 5.66. The van der Waals surface area contributed by atoms with Gasteiger partial charge in [-0.1, -0.05) is 12.1 Å². The minimum absolute atomic E-state index is 0.00839. The molecule has 0 saturated carbocycles. The van der Waals surface area contributed by atoms with Crippen molar-refractivity contribution in [3.05, 3.63) is 35.4 Å². The maximum Gasteiger partial charge on any atom is 0.409 e. The zero-order chi connectivity index (χ0) is 20.5. The van der Waals surface area contributed by atoms with Crippen LogP contribution >= 0.6 is 0 Å².